The molecule has 0 radical (unpaired) electrons. The number of hydrogen-bond donors (Lipinski definition) is 0. The number of carbonyl (C=O) groups is 1. The number of pyridine rings is 1. The maximum Gasteiger partial charge on any atom is 0.255 e. The third-order valence-electron chi connectivity index (χ3n) is 7.02. The molecule has 1 aromatic heterocycles. The number of amides is 1. The van der Waals surface area contributed by atoms with Crippen LogP contribution in [0.4, 0.5) is 5.69 Å². The number of piperazine rings is 1. The highest BCUT2D eigenvalue weighted by atomic mass is 16.5. The Morgan fingerprint density at radius 2 is 1.71 bits per heavy atom. The summed E-state index contributed by atoms with van der Waals surface area (Å²) in [6, 6.07) is 22.8. The Kier molecular flexibility index (Phi) is 7.59. The van der Waals surface area contributed by atoms with E-state index < -0.39 is 0 Å². The zero-order valence-corrected chi connectivity index (χ0v) is 20.3. The number of para-hydroxylation sites is 1. The molecule has 1 amide bonds. The van der Waals surface area contributed by atoms with E-state index >= 15 is 0 Å². The maximum atomic E-state index is 12.7. The first-order valence-electron chi connectivity index (χ1n) is 12.7. The molecule has 3 heterocycles. The van der Waals surface area contributed by atoms with E-state index in [9.17, 15) is 4.79 Å². The van der Waals surface area contributed by atoms with Crippen molar-refractivity contribution in [2.24, 2.45) is 5.92 Å². The molecule has 2 fully saturated rings. The summed E-state index contributed by atoms with van der Waals surface area (Å²) in [6.07, 6.45) is 5.44. The second-order valence-corrected chi connectivity index (χ2v) is 9.55. The Morgan fingerprint density at radius 1 is 0.914 bits per heavy atom. The topological polar surface area (TPSA) is 48.9 Å². The number of likely N-dealkylation sites (tertiary alicyclic amines) is 1. The lowest BCUT2D eigenvalue weighted by atomic mass is 9.98. The van der Waals surface area contributed by atoms with Crippen LogP contribution in [0.5, 0.6) is 5.75 Å². The molecule has 3 aromatic rings. The number of hydrogen-bond acceptors (Lipinski definition) is 5. The second-order valence-electron chi connectivity index (χ2n) is 9.55. The Labute approximate surface area is 208 Å². The summed E-state index contributed by atoms with van der Waals surface area (Å²) in [6.45, 7) is 7.42. The quantitative estimate of drug-likeness (QED) is 0.514. The van der Waals surface area contributed by atoms with Crippen LogP contribution in [0.1, 0.15) is 28.8 Å². The van der Waals surface area contributed by atoms with Crippen molar-refractivity contribution >= 4 is 11.6 Å². The lowest BCUT2D eigenvalue weighted by Crippen LogP contribution is -2.45. The van der Waals surface area contributed by atoms with Crippen LogP contribution in [0, 0.1) is 5.92 Å². The van der Waals surface area contributed by atoms with Crippen LogP contribution >= 0.6 is 0 Å². The van der Waals surface area contributed by atoms with Crippen molar-refractivity contribution < 1.29 is 9.53 Å². The van der Waals surface area contributed by atoms with Crippen LogP contribution in [0.15, 0.2) is 79.1 Å². The predicted octanol–water partition coefficient (Wildman–Crippen LogP) is 4.34. The molecule has 5 rings (SSSR count). The van der Waals surface area contributed by atoms with Crippen molar-refractivity contribution in [2.45, 2.75) is 19.4 Å². The third-order valence-corrected chi connectivity index (χ3v) is 7.02. The molecule has 0 N–H and O–H groups in total. The summed E-state index contributed by atoms with van der Waals surface area (Å²) in [5.41, 5.74) is 3.29. The molecule has 0 bridgehead atoms. The van der Waals surface area contributed by atoms with Gasteiger partial charge in [-0.05, 0) is 54.8 Å². The molecule has 2 aliphatic heterocycles. The smallest absolute Gasteiger partial charge is 0.255 e. The highest BCUT2D eigenvalue weighted by molar-refractivity contribution is 5.93. The van der Waals surface area contributed by atoms with E-state index in [1.54, 1.807) is 12.4 Å². The minimum Gasteiger partial charge on any atom is -0.493 e. The van der Waals surface area contributed by atoms with Crippen molar-refractivity contribution in [3.8, 4) is 5.75 Å². The zero-order valence-electron chi connectivity index (χ0n) is 20.3. The Balaban J connectivity index is 1.06. The number of aromatic nitrogens is 1. The number of ether oxygens (including phenoxy) is 1. The number of carbonyl (C=O) groups excluding carboxylic acids is 1. The van der Waals surface area contributed by atoms with E-state index in [1.165, 1.54) is 11.3 Å². The first kappa shape index (κ1) is 23.4. The second kappa shape index (κ2) is 11.4. The van der Waals surface area contributed by atoms with E-state index in [1.807, 2.05) is 17.0 Å². The van der Waals surface area contributed by atoms with Gasteiger partial charge >= 0.3 is 0 Å². The van der Waals surface area contributed by atoms with Crippen LogP contribution < -0.4 is 9.64 Å². The molecule has 2 aliphatic rings. The van der Waals surface area contributed by atoms with Gasteiger partial charge in [-0.2, -0.15) is 0 Å². The van der Waals surface area contributed by atoms with Gasteiger partial charge in [0.25, 0.3) is 5.91 Å². The minimum absolute atomic E-state index is 0.0664. The molecule has 0 spiro atoms. The van der Waals surface area contributed by atoms with Crippen LogP contribution in [0.2, 0.25) is 0 Å². The summed E-state index contributed by atoms with van der Waals surface area (Å²) >= 11 is 0. The molecule has 6 nitrogen and oxygen atoms in total. The monoisotopic (exact) mass is 470 g/mol. The fraction of sp³-hybridized carbons (Fsp3) is 0.379. The van der Waals surface area contributed by atoms with Gasteiger partial charge in [-0.3, -0.25) is 14.7 Å². The van der Waals surface area contributed by atoms with E-state index in [2.05, 4.69) is 69.4 Å². The highest BCUT2D eigenvalue weighted by Crippen LogP contribution is 2.22. The number of benzene rings is 2. The average molecular weight is 471 g/mol. The van der Waals surface area contributed by atoms with Crippen molar-refractivity contribution in [1.82, 2.24) is 14.8 Å². The van der Waals surface area contributed by atoms with Gasteiger partial charge in [-0.15, -0.1) is 0 Å². The van der Waals surface area contributed by atoms with E-state index in [4.69, 9.17) is 4.74 Å². The van der Waals surface area contributed by atoms with Crippen LogP contribution in [0.25, 0.3) is 0 Å². The molecule has 0 saturated carbocycles. The summed E-state index contributed by atoms with van der Waals surface area (Å²) in [7, 11) is 0. The van der Waals surface area contributed by atoms with Crippen LogP contribution in [-0.4, -0.2) is 66.6 Å². The predicted molar refractivity (Wildman–Crippen MR) is 139 cm³/mol. The van der Waals surface area contributed by atoms with Crippen molar-refractivity contribution in [1.29, 1.82) is 0 Å². The molecule has 0 unspecified atom stereocenters. The van der Waals surface area contributed by atoms with E-state index in [-0.39, 0.29) is 5.91 Å². The van der Waals surface area contributed by atoms with Crippen molar-refractivity contribution in [3.63, 3.8) is 0 Å². The van der Waals surface area contributed by atoms with Crippen LogP contribution in [-0.2, 0) is 6.54 Å². The largest absolute Gasteiger partial charge is 0.493 e. The van der Waals surface area contributed by atoms with E-state index in [0.29, 0.717) is 18.1 Å². The standard InChI is InChI=1S/C29H34N4O2/c34-29(26-7-4-14-30-20-26)33-15-5-6-25(22-33)23-35-28-12-10-24(11-13-28)21-31-16-18-32(19-17-31)27-8-2-1-3-9-27/h1-4,7-14,20,25H,5-6,15-19,21-23H2/t25-/m1/s1. The number of rotatable bonds is 7. The lowest BCUT2D eigenvalue weighted by Gasteiger charge is -2.36. The molecular weight excluding hydrogens is 436 g/mol. The van der Waals surface area contributed by atoms with E-state index in [0.717, 1.165) is 64.4 Å². The first-order chi connectivity index (χ1) is 17.2. The summed E-state index contributed by atoms with van der Waals surface area (Å²) in [4.78, 5) is 23.7. The number of piperidine rings is 1. The van der Waals surface area contributed by atoms with Gasteiger partial charge in [-0.25, -0.2) is 0 Å². The third kappa shape index (κ3) is 6.20. The Hall–Kier alpha value is -3.38. The normalized spacial score (nSPS) is 18.9. The minimum atomic E-state index is 0.0664. The van der Waals surface area contributed by atoms with Gasteiger partial charge in [0.2, 0.25) is 0 Å². The van der Waals surface area contributed by atoms with Crippen LogP contribution in [0.3, 0.4) is 0 Å². The van der Waals surface area contributed by atoms with Crippen molar-refractivity contribution in [3.05, 3.63) is 90.3 Å². The summed E-state index contributed by atoms with van der Waals surface area (Å²) < 4.78 is 6.12. The Bertz CT molecular complexity index is 1070. The maximum absolute atomic E-state index is 12.7. The molecule has 6 heteroatoms. The zero-order chi connectivity index (χ0) is 23.9. The number of anilines is 1. The lowest BCUT2D eigenvalue weighted by molar-refractivity contribution is 0.0633. The van der Waals surface area contributed by atoms with Gasteiger partial charge in [0.05, 0.1) is 12.2 Å². The molecular formula is C29H34N4O2. The highest BCUT2D eigenvalue weighted by Gasteiger charge is 2.25. The summed E-state index contributed by atoms with van der Waals surface area (Å²) in [5.74, 6) is 1.32. The molecule has 0 aliphatic carbocycles. The van der Waals surface area contributed by atoms with Gasteiger partial charge < -0.3 is 14.5 Å². The SMILES string of the molecule is O=C(c1cccnc1)N1CCC[C@@H](COc2ccc(CN3CCN(c4ccccc4)CC3)cc2)C1. The fourth-order valence-electron chi connectivity index (χ4n) is 5.02. The van der Waals surface area contributed by atoms with Gasteiger partial charge in [0.15, 0.2) is 0 Å². The molecule has 2 aromatic carbocycles. The fourth-order valence-corrected chi connectivity index (χ4v) is 5.02. The molecule has 182 valence electrons. The van der Waals surface area contributed by atoms with Gasteiger partial charge in [0, 0.05) is 69.8 Å². The van der Waals surface area contributed by atoms with Gasteiger partial charge in [-0.1, -0.05) is 30.3 Å². The Morgan fingerprint density at radius 3 is 2.46 bits per heavy atom. The molecule has 35 heavy (non-hydrogen) atoms. The number of nitrogens with zero attached hydrogens (tertiary/aromatic N) is 4. The summed E-state index contributed by atoms with van der Waals surface area (Å²) in [5, 5.41) is 0. The molecule has 1 atom stereocenters. The first-order valence-corrected chi connectivity index (χ1v) is 12.7. The van der Waals surface area contributed by atoms with Gasteiger partial charge in [0.1, 0.15) is 5.75 Å². The van der Waals surface area contributed by atoms with Crippen molar-refractivity contribution in [2.75, 3.05) is 50.8 Å². The average Bonchev–Trinajstić information content (AvgIpc) is 2.94. The molecule has 2 saturated heterocycles.